The second-order valence-corrected chi connectivity index (χ2v) is 5.20. The van der Waals surface area contributed by atoms with Gasteiger partial charge in [0, 0.05) is 5.46 Å². The summed E-state index contributed by atoms with van der Waals surface area (Å²) in [6.45, 7) is 11.8. The molecule has 1 amide bonds. The molecule has 0 radical (unpaired) electrons. The van der Waals surface area contributed by atoms with Crippen LogP contribution in [-0.4, -0.2) is 24.2 Å². The third kappa shape index (κ3) is 3.01. The molecule has 1 aromatic rings. The predicted molar refractivity (Wildman–Crippen MR) is 74.3 cm³/mol. The Morgan fingerprint density at radius 3 is 2.00 bits per heavy atom. The van der Waals surface area contributed by atoms with E-state index in [2.05, 4.69) is 0 Å². The van der Waals surface area contributed by atoms with Gasteiger partial charge in [-0.25, -0.2) is 0 Å². The molecule has 1 aliphatic heterocycles. The molecule has 0 saturated carbocycles. The second kappa shape index (κ2) is 5.39. The molecule has 106 valence electrons. The summed E-state index contributed by atoms with van der Waals surface area (Å²) in [7, 11) is -0.531. The molecule has 6 heteroatoms. The summed E-state index contributed by atoms with van der Waals surface area (Å²) < 4.78 is 16.7. The number of primary amides is 1. The summed E-state index contributed by atoms with van der Waals surface area (Å²) in [6.07, 6.45) is 1.43. The molecule has 1 aromatic heterocycles. The van der Waals surface area contributed by atoms with Gasteiger partial charge < -0.3 is 19.5 Å². The van der Waals surface area contributed by atoms with Crippen LogP contribution in [0.3, 0.4) is 0 Å². The van der Waals surface area contributed by atoms with Gasteiger partial charge in [0.25, 0.3) is 5.91 Å². The highest BCUT2D eigenvalue weighted by molar-refractivity contribution is 6.62. The highest BCUT2D eigenvalue weighted by Gasteiger charge is 2.52. The van der Waals surface area contributed by atoms with Crippen molar-refractivity contribution in [2.24, 2.45) is 5.73 Å². The quantitative estimate of drug-likeness (QED) is 0.827. The minimum absolute atomic E-state index is 0.106. The fraction of sp³-hybridized carbons (Fsp3) is 0.615. The van der Waals surface area contributed by atoms with Crippen molar-refractivity contribution in [3.05, 3.63) is 18.1 Å². The Bertz CT molecular complexity index is 437. The van der Waals surface area contributed by atoms with E-state index >= 15 is 0 Å². The van der Waals surface area contributed by atoms with Gasteiger partial charge >= 0.3 is 7.12 Å². The van der Waals surface area contributed by atoms with Gasteiger partial charge in [0.05, 0.1) is 17.5 Å². The predicted octanol–water partition coefficient (Wildman–Crippen LogP) is 1.70. The molecule has 2 N–H and O–H groups in total. The maximum absolute atomic E-state index is 10.9. The van der Waals surface area contributed by atoms with E-state index < -0.39 is 24.2 Å². The monoisotopic (exact) mass is 267 g/mol. The first-order chi connectivity index (χ1) is 8.73. The zero-order valence-corrected chi connectivity index (χ0v) is 12.4. The maximum Gasteiger partial charge on any atom is 0.498 e. The number of rotatable bonds is 2. The summed E-state index contributed by atoms with van der Waals surface area (Å²) in [6, 6.07) is 1.55. The molecule has 2 rings (SSSR count). The normalized spacial score (nSPS) is 19.8. The van der Waals surface area contributed by atoms with Crippen LogP contribution in [0.25, 0.3) is 0 Å². The molecule has 0 aromatic carbocycles. The SMILES string of the molecule is CC.CC1(C)OB(c2coc(C(N)=O)c2)OC1(C)C. The molecule has 0 unspecified atom stereocenters. The van der Waals surface area contributed by atoms with Gasteiger partial charge in [-0.15, -0.1) is 0 Å². The molecule has 0 bridgehead atoms. The van der Waals surface area contributed by atoms with Crippen molar-refractivity contribution < 1.29 is 18.5 Å². The van der Waals surface area contributed by atoms with Crippen molar-refractivity contribution in [1.29, 1.82) is 0 Å². The van der Waals surface area contributed by atoms with Crippen molar-refractivity contribution in [2.45, 2.75) is 52.7 Å². The summed E-state index contributed by atoms with van der Waals surface area (Å²) in [5.41, 5.74) is 4.95. The molecule has 1 fully saturated rings. The van der Waals surface area contributed by atoms with Gasteiger partial charge in [0.15, 0.2) is 5.76 Å². The highest BCUT2D eigenvalue weighted by atomic mass is 16.7. The van der Waals surface area contributed by atoms with E-state index in [0.29, 0.717) is 5.46 Å². The van der Waals surface area contributed by atoms with E-state index in [1.165, 1.54) is 6.26 Å². The number of furan rings is 1. The fourth-order valence-electron chi connectivity index (χ4n) is 1.58. The van der Waals surface area contributed by atoms with Crippen molar-refractivity contribution in [3.8, 4) is 0 Å². The van der Waals surface area contributed by atoms with Crippen LogP contribution < -0.4 is 11.2 Å². The molecule has 1 aliphatic rings. The summed E-state index contributed by atoms with van der Waals surface area (Å²) >= 11 is 0. The van der Waals surface area contributed by atoms with E-state index in [4.69, 9.17) is 19.5 Å². The lowest BCUT2D eigenvalue weighted by Gasteiger charge is -2.32. The van der Waals surface area contributed by atoms with E-state index in [9.17, 15) is 4.79 Å². The number of hydrogen-bond acceptors (Lipinski definition) is 4. The first kappa shape index (κ1) is 15.8. The van der Waals surface area contributed by atoms with Crippen molar-refractivity contribution in [1.82, 2.24) is 0 Å². The number of nitrogens with two attached hydrogens (primary N) is 1. The van der Waals surface area contributed by atoms with E-state index in [1.54, 1.807) is 6.07 Å². The molecular weight excluding hydrogens is 245 g/mol. The third-order valence-electron chi connectivity index (χ3n) is 3.39. The Morgan fingerprint density at radius 1 is 1.16 bits per heavy atom. The second-order valence-electron chi connectivity index (χ2n) is 5.20. The number of carbonyl (C=O) groups excluding carboxylic acids is 1. The fourth-order valence-corrected chi connectivity index (χ4v) is 1.58. The van der Waals surface area contributed by atoms with E-state index in [-0.39, 0.29) is 5.76 Å². The molecule has 0 spiro atoms. The highest BCUT2D eigenvalue weighted by Crippen LogP contribution is 2.36. The Labute approximate surface area is 114 Å². The zero-order chi connectivity index (χ0) is 14.8. The molecule has 0 atom stereocenters. The molecule has 1 saturated heterocycles. The average molecular weight is 267 g/mol. The largest absolute Gasteiger partial charge is 0.498 e. The Hall–Kier alpha value is -1.27. The van der Waals surface area contributed by atoms with Gasteiger partial charge in [-0.1, -0.05) is 13.8 Å². The Balaban J connectivity index is 0.000000861. The van der Waals surface area contributed by atoms with E-state index in [1.807, 2.05) is 41.5 Å². The molecule has 2 heterocycles. The summed E-state index contributed by atoms with van der Waals surface area (Å²) in [5.74, 6) is -0.498. The Kier molecular flexibility index (Phi) is 4.48. The zero-order valence-electron chi connectivity index (χ0n) is 12.4. The average Bonchev–Trinajstić information content (AvgIpc) is 2.85. The first-order valence-electron chi connectivity index (χ1n) is 6.47. The van der Waals surface area contributed by atoms with Crippen LogP contribution in [0.5, 0.6) is 0 Å². The molecular formula is C13H22BNO4. The maximum atomic E-state index is 10.9. The first-order valence-corrected chi connectivity index (χ1v) is 6.47. The van der Waals surface area contributed by atoms with Gasteiger partial charge in [-0.3, -0.25) is 4.79 Å². The smallest absolute Gasteiger partial charge is 0.460 e. The number of carbonyl (C=O) groups is 1. The van der Waals surface area contributed by atoms with Crippen LogP contribution in [0.1, 0.15) is 52.1 Å². The lowest BCUT2D eigenvalue weighted by molar-refractivity contribution is 0.00578. The summed E-state index contributed by atoms with van der Waals surface area (Å²) in [5, 5.41) is 0. The van der Waals surface area contributed by atoms with Crippen LogP contribution >= 0.6 is 0 Å². The lowest BCUT2D eigenvalue weighted by Crippen LogP contribution is -2.41. The van der Waals surface area contributed by atoms with Gasteiger partial charge in [-0.05, 0) is 33.8 Å². The van der Waals surface area contributed by atoms with Crippen molar-refractivity contribution in [3.63, 3.8) is 0 Å². The van der Waals surface area contributed by atoms with Crippen LogP contribution in [0.15, 0.2) is 16.7 Å². The number of hydrogen-bond donors (Lipinski definition) is 1. The minimum Gasteiger partial charge on any atom is -0.460 e. The standard InChI is InChI=1S/C11H16BNO4.C2H6/c1-10(2)11(3,4)17-12(16-10)7-5-8(9(13)14)15-6-7;1-2/h5-6H,1-4H3,(H2,13,14);1-2H3. The van der Waals surface area contributed by atoms with Gasteiger partial charge in [-0.2, -0.15) is 0 Å². The minimum atomic E-state index is -0.604. The molecule has 0 aliphatic carbocycles. The summed E-state index contributed by atoms with van der Waals surface area (Å²) in [4.78, 5) is 10.9. The number of amides is 1. The van der Waals surface area contributed by atoms with Crippen molar-refractivity contribution >= 4 is 18.5 Å². The Morgan fingerprint density at radius 2 is 1.63 bits per heavy atom. The lowest BCUT2D eigenvalue weighted by atomic mass is 9.81. The van der Waals surface area contributed by atoms with Crippen LogP contribution in [0.2, 0.25) is 0 Å². The van der Waals surface area contributed by atoms with Crippen LogP contribution in [-0.2, 0) is 9.31 Å². The molecule has 5 nitrogen and oxygen atoms in total. The van der Waals surface area contributed by atoms with Crippen LogP contribution in [0.4, 0.5) is 0 Å². The van der Waals surface area contributed by atoms with Gasteiger partial charge in [0.2, 0.25) is 0 Å². The molecule has 19 heavy (non-hydrogen) atoms. The van der Waals surface area contributed by atoms with Gasteiger partial charge in [0.1, 0.15) is 0 Å². The van der Waals surface area contributed by atoms with Crippen LogP contribution in [0, 0.1) is 0 Å². The van der Waals surface area contributed by atoms with E-state index in [0.717, 1.165) is 0 Å². The topological polar surface area (TPSA) is 74.7 Å². The third-order valence-corrected chi connectivity index (χ3v) is 3.39. The van der Waals surface area contributed by atoms with Crippen molar-refractivity contribution in [2.75, 3.05) is 0 Å².